The van der Waals surface area contributed by atoms with Gasteiger partial charge in [-0.2, -0.15) is 0 Å². The zero-order valence-electron chi connectivity index (χ0n) is 12.2. The van der Waals surface area contributed by atoms with E-state index >= 15 is 0 Å². The van der Waals surface area contributed by atoms with Crippen LogP contribution >= 0.6 is 0 Å². The number of benzene rings is 2. The van der Waals surface area contributed by atoms with Crippen molar-refractivity contribution < 1.29 is 4.43 Å². The van der Waals surface area contributed by atoms with Crippen LogP contribution in [0.4, 0.5) is 0 Å². The van der Waals surface area contributed by atoms with Crippen molar-refractivity contribution in [3.8, 4) is 0 Å². The van der Waals surface area contributed by atoms with Crippen LogP contribution in [0.2, 0.25) is 19.6 Å². The first-order valence-electron chi connectivity index (χ1n) is 7.10. The second-order valence-corrected chi connectivity index (χ2v) is 11.2. The van der Waals surface area contributed by atoms with Crippen LogP contribution in [0, 0.1) is 5.92 Å². The van der Waals surface area contributed by atoms with Crippen molar-refractivity contribution in [2.24, 2.45) is 5.92 Å². The number of rotatable bonds is 3. The molecule has 1 aliphatic rings. The molecule has 0 N–H and O–H groups in total. The minimum atomic E-state index is -1.52. The maximum Gasteiger partial charge on any atom is 0.184 e. The molecule has 0 aliphatic heterocycles. The molecule has 2 atom stereocenters. The largest absolute Gasteiger partial charge is 0.408 e. The molecule has 100 valence electrons. The first-order chi connectivity index (χ1) is 8.91. The van der Waals surface area contributed by atoms with Crippen LogP contribution in [-0.2, 0) is 10.0 Å². The fourth-order valence-electron chi connectivity index (χ4n) is 3.00. The van der Waals surface area contributed by atoms with Gasteiger partial charge in [0.2, 0.25) is 0 Å². The highest BCUT2D eigenvalue weighted by Crippen LogP contribution is 2.56. The minimum Gasteiger partial charge on any atom is -0.408 e. The summed E-state index contributed by atoms with van der Waals surface area (Å²) < 4.78 is 6.52. The molecule has 2 aromatic rings. The topological polar surface area (TPSA) is 9.23 Å². The Morgan fingerprint density at radius 1 is 1.05 bits per heavy atom. The zero-order valence-corrected chi connectivity index (χ0v) is 13.2. The molecule has 19 heavy (non-hydrogen) atoms. The van der Waals surface area contributed by atoms with Gasteiger partial charge in [-0.15, -0.1) is 0 Å². The molecule has 3 rings (SSSR count). The quantitative estimate of drug-likeness (QED) is 0.719. The lowest BCUT2D eigenvalue weighted by Gasteiger charge is -2.28. The van der Waals surface area contributed by atoms with Gasteiger partial charge < -0.3 is 4.43 Å². The Balaban J connectivity index is 2.03. The Hall–Kier alpha value is -1.12. The maximum atomic E-state index is 6.52. The molecular weight excluding hydrogens is 248 g/mol. The van der Waals surface area contributed by atoms with Crippen LogP contribution in [0.5, 0.6) is 0 Å². The predicted molar refractivity (Wildman–Crippen MR) is 83.8 cm³/mol. The number of hydrogen-bond donors (Lipinski definition) is 0. The molecule has 0 amide bonds. The third-order valence-electron chi connectivity index (χ3n) is 3.97. The van der Waals surface area contributed by atoms with E-state index < -0.39 is 8.32 Å². The van der Waals surface area contributed by atoms with Gasteiger partial charge in [0, 0.05) is 0 Å². The van der Waals surface area contributed by atoms with Gasteiger partial charge in [0.25, 0.3) is 0 Å². The molecule has 0 aromatic heterocycles. The number of fused-ring (bicyclic) bond motifs is 1. The summed E-state index contributed by atoms with van der Waals surface area (Å²) in [6.45, 7) is 9.14. The van der Waals surface area contributed by atoms with Gasteiger partial charge in [0.1, 0.15) is 0 Å². The molecule has 1 nitrogen and oxygen atoms in total. The van der Waals surface area contributed by atoms with Gasteiger partial charge in [0.05, 0.1) is 5.60 Å². The van der Waals surface area contributed by atoms with Crippen molar-refractivity contribution in [1.82, 2.24) is 0 Å². The van der Waals surface area contributed by atoms with E-state index in [2.05, 4.69) is 69.0 Å². The average Bonchev–Trinajstić information content (AvgIpc) is 2.97. The zero-order chi connectivity index (χ0) is 13.7. The van der Waals surface area contributed by atoms with Crippen molar-refractivity contribution in [3.05, 3.63) is 48.0 Å². The molecule has 2 heteroatoms. The molecule has 2 unspecified atom stereocenters. The van der Waals surface area contributed by atoms with E-state index in [0.29, 0.717) is 5.92 Å². The van der Waals surface area contributed by atoms with Crippen molar-refractivity contribution >= 4 is 19.1 Å². The first kappa shape index (κ1) is 12.9. The van der Waals surface area contributed by atoms with Gasteiger partial charge in [-0.25, -0.2) is 0 Å². The third kappa shape index (κ3) is 2.35. The van der Waals surface area contributed by atoms with E-state index in [4.69, 9.17) is 4.43 Å². The summed E-state index contributed by atoms with van der Waals surface area (Å²) in [5.74, 6) is 0.639. The molecule has 0 spiro atoms. The molecule has 0 bridgehead atoms. The lowest BCUT2D eigenvalue weighted by Crippen LogP contribution is -2.33. The Morgan fingerprint density at radius 2 is 1.68 bits per heavy atom. The fraction of sp³-hybridized carbons (Fsp3) is 0.412. The Bertz CT molecular complexity index is 614. The summed E-state index contributed by atoms with van der Waals surface area (Å²) in [6.07, 6.45) is 1.16. The summed E-state index contributed by atoms with van der Waals surface area (Å²) in [6, 6.07) is 15.4. The minimum absolute atomic E-state index is 0.00545. The van der Waals surface area contributed by atoms with Gasteiger partial charge >= 0.3 is 0 Å². The SMILES string of the molecule is CC1CC1(O[Si](C)(C)C)c1ccc2ccccc2c1. The van der Waals surface area contributed by atoms with Gasteiger partial charge in [0.15, 0.2) is 8.32 Å². The van der Waals surface area contributed by atoms with E-state index in [1.165, 1.54) is 16.3 Å². The van der Waals surface area contributed by atoms with Crippen molar-refractivity contribution in [2.45, 2.75) is 38.6 Å². The van der Waals surface area contributed by atoms with E-state index in [1.807, 2.05) is 0 Å². The normalized spacial score (nSPS) is 26.6. The predicted octanol–water partition coefficient (Wildman–Crippen LogP) is 4.93. The Morgan fingerprint density at radius 3 is 2.26 bits per heavy atom. The number of hydrogen-bond acceptors (Lipinski definition) is 1. The molecule has 0 saturated heterocycles. The molecule has 0 radical (unpaired) electrons. The molecule has 2 aromatic carbocycles. The van der Waals surface area contributed by atoms with Crippen LogP contribution in [0.25, 0.3) is 10.8 Å². The summed E-state index contributed by atoms with van der Waals surface area (Å²) in [7, 11) is -1.52. The molecule has 1 fully saturated rings. The Kier molecular flexibility index (Phi) is 2.84. The first-order valence-corrected chi connectivity index (χ1v) is 10.5. The maximum absolute atomic E-state index is 6.52. The van der Waals surface area contributed by atoms with E-state index in [9.17, 15) is 0 Å². The fourth-order valence-corrected chi connectivity index (χ4v) is 4.49. The molecular formula is C17H22OSi. The second kappa shape index (κ2) is 4.19. The van der Waals surface area contributed by atoms with Crippen LogP contribution in [0.1, 0.15) is 18.9 Å². The van der Waals surface area contributed by atoms with Gasteiger partial charge in [-0.05, 0) is 54.4 Å². The highest BCUT2D eigenvalue weighted by molar-refractivity contribution is 6.69. The monoisotopic (exact) mass is 270 g/mol. The summed E-state index contributed by atoms with van der Waals surface area (Å²) in [4.78, 5) is 0. The Labute approximate surface area is 116 Å². The summed E-state index contributed by atoms with van der Waals surface area (Å²) in [5, 5.41) is 2.63. The van der Waals surface area contributed by atoms with Gasteiger partial charge in [-0.1, -0.05) is 43.3 Å². The molecule has 1 aliphatic carbocycles. The van der Waals surface area contributed by atoms with Crippen molar-refractivity contribution in [3.63, 3.8) is 0 Å². The highest BCUT2D eigenvalue weighted by atomic mass is 28.4. The molecule has 0 heterocycles. The summed E-state index contributed by atoms with van der Waals surface area (Å²) in [5.41, 5.74) is 1.36. The van der Waals surface area contributed by atoms with E-state index in [0.717, 1.165) is 6.42 Å². The van der Waals surface area contributed by atoms with Crippen LogP contribution in [0.3, 0.4) is 0 Å². The standard InChI is InChI=1S/C17H22OSi/c1-13-12-17(13,18-19(2,3)4)16-10-9-14-7-5-6-8-15(14)11-16/h5-11,13H,12H2,1-4H3. The smallest absolute Gasteiger partial charge is 0.184 e. The van der Waals surface area contributed by atoms with Crippen molar-refractivity contribution in [2.75, 3.05) is 0 Å². The lowest BCUT2D eigenvalue weighted by molar-refractivity contribution is 0.156. The highest BCUT2D eigenvalue weighted by Gasteiger charge is 2.55. The van der Waals surface area contributed by atoms with Crippen LogP contribution in [0.15, 0.2) is 42.5 Å². The third-order valence-corrected chi connectivity index (χ3v) is 4.95. The molecule has 1 saturated carbocycles. The van der Waals surface area contributed by atoms with Crippen LogP contribution in [-0.4, -0.2) is 8.32 Å². The van der Waals surface area contributed by atoms with E-state index in [-0.39, 0.29) is 5.60 Å². The lowest BCUT2D eigenvalue weighted by atomic mass is 10.0. The summed E-state index contributed by atoms with van der Waals surface area (Å²) >= 11 is 0. The van der Waals surface area contributed by atoms with Crippen LogP contribution < -0.4 is 0 Å². The van der Waals surface area contributed by atoms with E-state index in [1.54, 1.807) is 0 Å². The average molecular weight is 270 g/mol. The van der Waals surface area contributed by atoms with Crippen molar-refractivity contribution in [1.29, 1.82) is 0 Å². The van der Waals surface area contributed by atoms with Gasteiger partial charge in [-0.3, -0.25) is 0 Å². The second-order valence-electron chi connectivity index (χ2n) is 6.77.